The number of hydrazine groups is 1. The molecule has 0 aliphatic carbocycles. The number of aryl methyl sites for hydroxylation is 1. The maximum absolute atomic E-state index is 12.2. The highest BCUT2D eigenvalue weighted by molar-refractivity contribution is 7.89. The van der Waals surface area contributed by atoms with Crippen LogP contribution in [0.3, 0.4) is 0 Å². The van der Waals surface area contributed by atoms with Crippen LogP contribution in [0.2, 0.25) is 0 Å². The average Bonchev–Trinajstić information content (AvgIpc) is 2.66. The molecule has 0 atom stereocenters. The van der Waals surface area contributed by atoms with Crippen molar-refractivity contribution < 1.29 is 22.7 Å². The average molecular weight is 392 g/mol. The molecule has 0 saturated carbocycles. The van der Waals surface area contributed by atoms with E-state index in [2.05, 4.69) is 10.3 Å². The third-order valence-corrected chi connectivity index (χ3v) is 4.87. The van der Waals surface area contributed by atoms with Gasteiger partial charge in [-0.15, -0.1) is 4.83 Å². The third-order valence-electron chi connectivity index (χ3n) is 3.61. The Morgan fingerprint density at radius 2 is 1.56 bits per heavy atom. The van der Waals surface area contributed by atoms with E-state index in [0.717, 1.165) is 11.3 Å². The molecule has 0 aromatic heterocycles. The zero-order chi connectivity index (χ0) is 19.7. The summed E-state index contributed by atoms with van der Waals surface area (Å²) in [5.74, 6) is 0.878. The number of nitrogens with one attached hydrogen (secondary N) is 2. The summed E-state index contributed by atoms with van der Waals surface area (Å²) < 4.78 is 35.1. The van der Waals surface area contributed by atoms with E-state index < -0.39 is 15.9 Å². The SMILES string of the molecule is CCOc1ccc(S(=O)(=O)NNC(=O)CCCOc2ccc(C)cc2)cc1. The number of benzene rings is 2. The first-order valence-corrected chi connectivity index (χ1v) is 10.1. The second kappa shape index (κ2) is 9.94. The summed E-state index contributed by atoms with van der Waals surface area (Å²) in [7, 11) is -3.83. The van der Waals surface area contributed by atoms with E-state index in [9.17, 15) is 13.2 Å². The fourth-order valence-electron chi connectivity index (χ4n) is 2.18. The van der Waals surface area contributed by atoms with Crippen molar-refractivity contribution in [2.45, 2.75) is 31.6 Å². The molecule has 0 aliphatic rings. The fraction of sp³-hybridized carbons (Fsp3) is 0.316. The van der Waals surface area contributed by atoms with Gasteiger partial charge >= 0.3 is 0 Å². The minimum absolute atomic E-state index is 0.0361. The Morgan fingerprint density at radius 3 is 2.19 bits per heavy atom. The monoisotopic (exact) mass is 392 g/mol. The van der Waals surface area contributed by atoms with Crippen LogP contribution in [0.5, 0.6) is 11.5 Å². The maximum Gasteiger partial charge on any atom is 0.257 e. The lowest BCUT2D eigenvalue weighted by molar-refractivity contribution is -0.121. The zero-order valence-electron chi connectivity index (χ0n) is 15.4. The lowest BCUT2D eigenvalue weighted by Crippen LogP contribution is -2.41. The summed E-state index contributed by atoms with van der Waals surface area (Å²) >= 11 is 0. The van der Waals surface area contributed by atoms with E-state index in [1.807, 2.05) is 38.1 Å². The van der Waals surface area contributed by atoms with Crippen LogP contribution in [-0.4, -0.2) is 27.5 Å². The van der Waals surface area contributed by atoms with Crippen molar-refractivity contribution in [2.75, 3.05) is 13.2 Å². The Morgan fingerprint density at radius 1 is 0.963 bits per heavy atom. The Bertz CT molecular complexity index is 833. The van der Waals surface area contributed by atoms with E-state index in [0.29, 0.717) is 25.4 Å². The van der Waals surface area contributed by atoms with Gasteiger partial charge in [0.2, 0.25) is 5.91 Å². The molecule has 0 unspecified atom stereocenters. The first-order valence-electron chi connectivity index (χ1n) is 8.63. The minimum atomic E-state index is -3.83. The second-order valence-electron chi connectivity index (χ2n) is 5.82. The minimum Gasteiger partial charge on any atom is -0.494 e. The Kier molecular flexibility index (Phi) is 7.63. The summed E-state index contributed by atoms with van der Waals surface area (Å²) in [6.07, 6.45) is 0.599. The molecular weight excluding hydrogens is 368 g/mol. The maximum atomic E-state index is 12.2. The van der Waals surface area contributed by atoms with Crippen molar-refractivity contribution in [3.8, 4) is 11.5 Å². The van der Waals surface area contributed by atoms with E-state index in [1.54, 1.807) is 12.1 Å². The molecule has 7 nitrogen and oxygen atoms in total. The fourth-order valence-corrected chi connectivity index (χ4v) is 3.04. The number of carbonyl (C=O) groups excluding carboxylic acids is 1. The van der Waals surface area contributed by atoms with Crippen molar-refractivity contribution in [3.05, 3.63) is 54.1 Å². The molecule has 0 aliphatic heterocycles. The van der Waals surface area contributed by atoms with Gasteiger partial charge in [-0.1, -0.05) is 17.7 Å². The van der Waals surface area contributed by atoms with Gasteiger partial charge < -0.3 is 9.47 Å². The molecule has 2 N–H and O–H groups in total. The third kappa shape index (κ3) is 6.92. The van der Waals surface area contributed by atoms with Gasteiger partial charge in [-0.25, -0.2) is 8.42 Å². The van der Waals surface area contributed by atoms with Crippen molar-refractivity contribution in [2.24, 2.45) is 0 Å². The van der Waals surface area contributed by atoms with Crippen LogP contribution >= 0.6 is 0 Å². The molecule has 2 aromatic carbocycles. The summed E-state index contributed by atoms with van der Waals surface area (Å²) in [6.45, 7) is 4.69. The first kappa shape index (κ1) is 20.7. The molecule has 2 rings (SSSR count). The highest BCUT2D eigenvalue weighted by Gasteiger charge is 2.15. The Labute approximate surface area is 159 Å². The lowest BCUT2D eigenvalue weighted by Gasteiger charge is -2.10. The van der Waals surface area contributed by atoms with Gasteiger partial charge in [0.1, 0.15) is 11.5 Å². The molecule has 0 saturated heterocycles. The normalized spacial score (nSPS) is 11.0. The van der Waals surface area contributed by atoms with Crippen LogP contribution in [0.25, 0.3) is 0 Å². The standard InChI is InChI=1S/C19H24N2O5S/c1-3-25-16-10-12-18(13-11-16)27(23,24)21-20-19(22)5-4-14-26-17-8-6-15(2)7-9-17/h6-13,21H,3-5,14H2,1-2H3,(H,20,22). The van der Waals surface area contributed by atoms with Crippen molar-refractivity contribution in [1.82, 2.24) is 10.3 Å². The zero-order valence-corrected chi connectivity index (χ0v) is 16.2. The van der Waals surface area contributed by atoms with E-state index in [-0.39, 0.29) is 11.3 Å². The quantitative estimate of drug-likeness (QED) is 0.479. The molecular formula is C19H24N2O5S. The van der Waals surface area contributed by atoms with Gasteiger partial charge in [-0.05, 0) is 56.7 Å². The number of rotatable bonds is 10. The molecule has 0 bridgehead atoms. The molecule has 0 heterocycles. The van der Waals surface area contributed by atoms with Crippen LogP contribution in [0.1, 0.15) is 25.3 Å². The number of carbonyl (C=O) groups is 1. The lowest BCUT2D eigenvalue weighted by atomic mass is 10.2. The number of amides is 1. The van der Waals surface area contributed by atoms with Gasteiger partial charge in [0.15, 0.2) is 0 Å². The molecule has 0 radical (unpaired) electrons. The molecule has 0 spiro atoms. The topological polar surface area (TPSA) is 93.7 Å². The molecule has 27 heavy (non-hydrogen) atoms. The van der Waals surface area contributed by atoms with Crippen LogP contribution in [0.15, 0.2) is 53.4 Å². The van der Waals surface area contributed by atoms with Crippen LogP contribution in [0, 0.1) is 6.92 Å². The Balaban J connectivity index is 1.72. The second-order valence-corrected chi connectivity index (χ2v) is 7.51. The summed E-state index contributed by atoms with van der Waals surface area (Å²) in [4.78, 5) is 13.9. The first-order chi connectivity index (χ1) is 12.9. The number of hydrogen-bond donors (Lipinski definition) is 2. The van der Waals surface area contributed by atoms with Gasteiger partial charge in [-0.2, -0.15) is 0 Å². The number of sulfonamides is 1. The van der Waals surface area contributed by atoms with E-state index in [1.165, 1.54) is 12.1 Å². The Hall–Kier alpha value is -2.58. The smallest absolute Gasteiger partial charge is 0.257 e. The van der Waals surface area contributed by atoms with E-state index >= 15 is 0 Å². The number of ether oxygens (including phenoxy) is 2. The van der Waals surface area contributed by atoms with Gasteiger partial charge in [0.25, 0.3) is 10.0 Å². The van der Waals surface area contributed by atoms with Crippen LogP contribution in [-0.2, 0) is 14.8 Å². The van der Waals surface area contributed by atoms with Crippen molar-refractivity contribution in [1.29, 1.82) is 0 Å². The molecule has 146 valence electrons. The largest absolute Gasteiger partial charge is 0.494 e. The molecule has 8 heteroatoms. The van der Waals surface area contributed by atoms with Gasteiger partial charge in [0, 0.05) is 6.42 Å². The summed E-state index contributed by atoms with van der Waals surface area (Å²) in [5.41, 5.74) is 3.34. The van der Waals surface area contributed by atoms with E-state index in [4.69, 9.17) is 9.47 Å². The highest BCUT2D eigenvalue weighted by atomic mass is 32.2. The van der Waals surface area contributed by atoms with Gasteiger partial charge in [-0.3, -0.25) is 10.2 Å². The van der Waals surface area contributed by atoms with Crippen LogP contribution < -0.4 is 19.7 Å². The molecule has 2 aromatic rings. The van der Waals surface area contributed by atoms with Crippen LogP contribution in [0.4, 0.5) is 0 Å². The van der Waals surface area contributed by atoms with Crippen molar-refractivity contribution in [3.63, 3.8) is 0 Å². The van der Waals surface area contributed by atoms with Crippen molar-refractivity contribution >= 4 is 15.9 Å². The predicted molar refractivity (Wildman–Crippen MR) is 102 cm³/mol. The molecule has 0 fully saturated rings. The summed E-state index contributed by atoms with van der Waals surface area (Å²) in [6, 6.07) is 13.5. The van der Waals surface area contributed by atoms with Gasteiger partial charge in [0.05, 0.1) is 18.1 Å². The summed E-state index contributed by atoms with van der Waals surface area (Å²) in [5, 5.41) is 0. The molecule has 1 amide bonds. The highest BCUT2D eigenvalue weighted by Crippen LogP contribution is 2.15. The predicted octanol–water partition coefficient (Wildman–Crippen LogP) is 2.56. The number of hydrogen-bond acceptors (Lipinski definition) is 5.